The summed E-state index contributed by atoms with van der Waals surface area (Å²) in [4.78, 5) is 8.87. The smallest absolute Gasteiger partial charge is 0.141 e. The molecule has 196 valence electrons. The van der Waals surface area contributed by atoms with Crippen LogP contribution in [0.25, 0.3) is 10.9 Å². The number of aromatic nitrogens is 5. The number of pyridine rings is 2. The first-order valence-corrected chi connectivity index (χ1v) is 12.8. The highest BCUT2D eigenvalue weighted by atomic mass is 35.5. The monoisotopic (exact) mass is 560 g/mol. The molecule has 8 nitrogen and oxygen atoms in total. The first-order chi connectivity index (χ1) is 18.7. The molecule has 0 spiro atoms. The lowest BCUT2D eigenvalue weighted by Crippen LogP contribution is -2.15. The molecule has 0 aliphatic rings. The topological polar surface area (TPSA) is 104 Å². The van der Waals surface area contributed by atoms with E-state index in [9.17, 15) is 9.65 Å². The second-order valence-electron chi connectivity index (χ2n) is 9.24. The van der Waals surface area contributed by atoms with Gasteiger partial charge in [-0.2, -0.15) is 5.26 Å². The summed E-state index contributed by atoms with van der Waals surface area (Å²) in [5.74, 6) is -0.539. The van der Waals surface area contributed by atoms with Crippen molar-refractivity contribution in [3.05, 3.63) is 99.4 Å². The van der Waals surface area contributed by atoms with Crippen LogP contribution in [0.1, 0.15) is 48.4 Å². The number of aryl methyl sites for hydroxylation is 1. The molecule has 2 N–H and O–H groups in total. The number of fused-ring (bicyclic) bond motifs is 1. The molecule has 0 saturated carbocycles. The van der Waals surface area contributed by atoms with Crippen LogP contribution < -0.4 is 10.6 Å². The van der Waals surface area contributed by atoms with E-state index in [-0.39, 0.29) is 22.7 Å². The molecule has 0 saturated heterocycles. The lowest BCUT2D eigenvalue weighted by molar-refractivity contribution is 0.514. The van der Waals surface area contributed by atoms with E-state index in [1.165, 1.54) is 24.4 Å². The molecule has 5 aromatic rings. The van der Waals surface area contributed by atoms with Crippen LogP contribution in [0.3, 0.4) is 0 Å². The van der Waals surface area contributed by atoms with E-state index in [2.05, 4.69) is 37.0 Å². The molecule has 0 amide bonds. The number of nitrogens with one attached hydrogen (secondary N) is 2. The van der Waals surface area contributed by atoms with Crippen molar-refractivity contribution in [1.29, 1.82) is 5.26 Å². The van der Waals surface area contributed by atoms with E-state index in [0.29, 0.717) is 38.7 Å². The van der Waals surface area contributed by atoms with Crippen molar-refractivity contribution in [2.24, 2.45) is 0 Å². The van der Waals surface area contributed by atoms with Crippen LogP contribution in [-0.2, 0) is 0 Å². The van der Waals surface area contributed by atoms with Gasteiger partial charge in [-0.25, -0.2) is 9.07 Å². The quantitative estimate of drug-likeness (QED) is 0.214. The van der Waals surface area contributed by atoms with E-state index in [1.807, 2.05) is 45.2 Å². The molecule has 1 atom stereocenters. The maximum atomic E-state index is 13.8. The maximum absolute atomic E-state index is 13.8. The van der Waals surface area contributed by atoms with Crippen LogP contribution in [0, 0.1) is 24.1 Å². The first kappa shape index (κ1) is 26.4. The number of benzene rings is 2. The Labute approximate surface area is 234 Å². The van der Waals surface area contributed by atoms with E-state index in [4.69, 9.17) is 23.2 Å². The molecule has 0 bridgehead atoms. The fraction of sp³-hybridized carbons (Fsp3) is 0.179. The molecule has 39 heavy (non-hydrogen) atoms. The minimum absolute atomic E-state index is 0.0404. The fourth-order valence-electron chi connectivity index (χ4n) is 4.24. The van der Waals surface area contributed by atoms with Crippen LogP contribution in [0.15, 0.2) is 61.1 Å². The second-order valence-corrected chi connectivity index (χ2v) is 10.1. The SMILES string of the molecule is Cc1ncccc1[C@H](Nc1cc(Cl)c2ncc(C#N)c(Nc3ccc(F)c(Cl)c3)c2c1)c1cn(C(C)C)nn1. The number of anilines is 3. The summed E-state index contributed by atoms with van der Waals surface area (Å²) in [5, 5.41) is 26.2. The predicted octanol–water partition coefficient (Wildman–Crippen LogP) is 7.37. The molecule has 0 aliphatic heterocycles. The Hall–Kier alpha value is -4.26. The van der Waals surface area contributed by atoms with Crippen LogP contribution in [0.5, 0.6) is 0 Å². The average molecular weight is 561 g/mol. The van der Waals surface area contributed by atoms with Crippen molar-refractivity contribution in [2.45, 2.75) is 32.9 Å². The number of nitriles is 1. The molecule has 0 fully saturated rings. The van der Waals surface area contributed by atoms with Gasteiger partial charge in [-0.05, 0) is 57.2 Å². The van der Waals surface area contributed by atoms with Crippen LogP contribution in [0.4, 0.5) is 21.5 Å². The minimum atomic E-state index is -0.539. The molecule has 11 heteroatoms. The van der Waals surface area contributed by atoms with E-state index < -0.39 is 5.82 Å². The first-order valence-electron chi connectivity index (χ1n) is 12.1. The van der Waals surface area contributed by atoms with Crippen LogP contribution >= 0.6 is 23.2 Å². The van der Waals surface area contributed by atoms with Gasteiger partial charge in [-0.3, -0.25) is 9.97 Å². The molecular formula is C28H23Cl2FN8. The largest absolute Gasteiger partial charge is 0.373 e. The van der Waals surface area contributed by atoms with E-state index in [0.717, 1.165) is 11.3 Å². The lowest BCUT2D eigenvalue weighted by Gasteiger charge is -2.21. The van der Waals surface area contributed by atoms with E-state index in [1.54, 1.807) is 16.9 Å². The van der Waals surface area contributed by atoms with Gasteiger partial charge in [0.2, 0.25) is 0 Å². The lowest BCUT2D eigenvalue weighted by atomic mass is 10.0. The summed E-state index contributed by atoms with van der Waals surface area (Å²) < 4.78 is 15.5. The van der Waals surface area contributed by atoms with Crippen LogP contribution in [0.2, 0.25) is 10.0 Å². The van der Waals surface area contributed by atoms with Gasteiger partial charge in [0.15, 0.2) is 0 Å². The highest BCUT2D eigenvalue weighted by Crippen LogP contribution is 2.37. The minimum Gasteiger partial charge on any atom is -0.373 e. The Morgan fingerprint density at radius 1 is 1.05 bits per heavy atom. The van der Waals surface area contributed by atoms with Gasteiger partial charge in [0.25, 0.3) is 0 Å². The van der Waals surface area contributed by atoms with Gasteiger partial charge in [0.1, 0.15) is 17.6 Å². The standard InChI is InChI=1S/C28H23Cl2FN8/c1-15(2)39-14-25(37-38-39)28(20-5-4-8-33-16(20)3)36-19-9-21-26(35-18-6-7-24(31)22(29)10-18)17(12-32)13-34-27(21)23(30)11-19/h4-11,13-15,28,36H,1-3H3,(H,34,35)/t28-/m0/s1. The third-order valence-electron chi connectivity index (χ3n) is 6.26. The zero-order chi connectivity index (χ0) is 27.7. The van der Waals surface area contributed by atoms with Crippen molar-refractivity contribution >= 4 is 51.2 Å². The van der Waals surface area contributed by atoms with Gasteiger partial charge in [-0.15, -0.1) is 5.10 Å². The maximum Gasteiger partial charge on any atom is 0.141 e. The van der Waals surface area contributed by atoms with Gasteiger partial charge < -0.3 is 10.6 Å². The molecule has 0 radical (unpaired) electrons. The Morgan fingerprint density at radius 2 is 1.85 bits per heavy atom. The number of rotatable bonds is 7. The molecule has 0 aliphatic carbocycles. The highest BCUT2D eigenvalue weighted by Gasteiger charge is 2.22. The third kappa shape index (κ3) is 5.35. The summed E-state index contributed by atoms with van der Waals surface area (Å²) in [6, 6.07) is 13.6. The summed E-state index contributed by atoms with van der Waals surface area (Å²) in [6.07, 6.45) is 5.08. The fourth-order valence-corrected chi connectivity index (χ4v) is 4.68. The Balaban J connectivity index is 1.63. The number of nitrogens with zero attached hydrogens (tertiary/aromatic N) is 6. The summed E-state index contributed by atoms with van der Waals surface area (Å²) >= 11 is 12.7. The average Bonchev–Trinajstić information content (AvgIpc) is 3.41. The van der Waals surface area contributed by atoms with Crippen molar-refractivity contribution in [3.8, 4) is 6.07 Å². The Morgan fingerprint density at radius 3 is 2.54 bits per heavy atom. The molecule has 0 unspecified atom stereocenters. The molecule has 3 heterocycles. The molecule has 5 rings (SSSR count). The Kier molecular flexibility index (Phi) is 7.33. The van der Waals surface area contributed by atoms with Crippen molar-refractivity contribution in [1.82, 2.24) is 25.0 Å². The van der Waals surface area contributed by atoms with Gasteiger partial charge in [-0.1, -0.05) is 34.5 Å². The van der Waals surface area contributed by atoms with Crippen molar-refractivity contribution in [2.75, 3.05) is 10.6 Å². The van der Waals surface area contributed by atoms with Gasteiger partial charge in [0, 0.05) is 46.5 Å². The molecular weight excluding hydrogens is 538 g/mol. The normalized spacial score (nSPS) is 11.9. The van der Waals surface area contributed by atoms with Crippen LogP contribution in [-0.4, -0.2) is 25.0 Å². The predicted molar refractivity (Wildman–Crippen MR) is 151 cm³/mol. The number of hydrogen-bond acceptors (Lipinski definition) is 7. The van der Waals surface area contributed by atoms with Crippen molar-refractivity contribution in [3.63, 3.8) is 0 Å². The van der Waals surface area contributed by atoms with Crippen molar-refractivity contribution < 1.29 is 4.39 Å². The second kappa shape index (κ2) is 10.8. The highest BCUT2D eigenvalue weighted by molar-refractivity contribution is 6.36. The van der Waals surface area contributed by atoms with E-state index >= 15 is 0 Å². The zero-order valence-electron chi connectivity index (χ0n) is 21.2. The number of hydrogen-bond donors (Lipinski definition) is 2. The summed E-state index contributed by atoms with van der Waals surface area (Å²) in [6.45, 7) is 5.99. The molecule has 3 aromatic heterocycles. The molecule has 2 aromatic carbocycles. The number of halogens is 3. The summed E-state index contributed by atoms with van der Waals surface area (Å²) in [5.41, 5.74) is 4.89. The zero-order valence-corrected chi connectivity index (χ0v) is 22.8. The van der Waals surface area contributed by atoms with Gasteiger partial charge >= 0.3 is 0 Å². The Bertz CT molecular complexity index is 1730. The van der Waals surface area contributed by atoms with Gasteiger partial charge in [0.05, 0.1) is 39.1 Å². The third-order valence-corrected chi connectivity index (χ3v) is 6.83. The summed E-state index contributed by atoms with van der Waals surface area (Å²) in [7, 11) is 0.